The highest BCUT2D eigenvalue weighted by Gasteiger charge is 2.26. The van der Waals surface area contributed by atoms with Crippen LogP contribution in [0.3, 0.4) is 0 Å². The van der Waals surface area contributed by atoms with Gasteiger partial charge in [0.15, 0.2) is 0 Å². The van der Waals surface area contributed by atoms with E-state index in [-0.39, 0.29) is 11.3 Å². The quantitative estimate of drug-likeness (QED) is 0.353. The van der Waals surface area contributed by atoms with Crippen molar-refractivity contribution in [2.24, 2.45) is 0 Å². The Labute approximate surface area is 202 Å². The predicted molar refractivity (Wildman–Crippen MR) is 131 cm³/mol. The third-order valence-corrected chi connectivity index (χ3v) is 6.89. The fraction of sp³-hybridized carbons (Fsp3) is 0.0741. The van der Waals surface area contributed by atoms with Crippen LogP contribution in [0.1, 0.15) is 33.1 Å². The first-order valence-electron chi connectivity index (χ1n) is 10.7. The molecule has 178 valence electrons. The zero-order valence-electron chi connectivity index (χ0n) is 18.7. The lowest BCUT2D eigenvalue weighted by atomic mass is 10.00. The van der Waals surface area contributed by atoms with Crippen LogP contribution in [0.25, 0.3) is 0 Å². The molecule has 4 aromatic rings. The number of anilines is 1. The number of carbonyl (C=O) groups excluding carboxylic acids is 1. The second-order valence-corrected chi connectivity index (χ2v) is 9.62. The van der Waals surface area contributed by atoms with Crippen molar-refractivity contribution in [2.45, 2.75) is 17.9 Å². The van der Waals surface area contributed by atoms with Gasteiger partial charge in [0.2, 0.25) is 10.0 Å². The summed E-state index contributed by atoms with van der Waals surface area (Å²) in [6.07, 6.45) is 0. The summed E-state index contributed by atoms with van der Waals surface area (Å²) in [5.41, 5.74) is 1.84. The molecule has 0 atom stereocenters. The van der Waals surface area contributed by atoms with E-state index >= 15 is 0 Å². The number of halogens is 2. The average Bonchev–Trinajstić information content (AvgIpc) is 2.86. The Morgan fingerprint density at radius 3 is 1.94 bits per heavy atom. The molecule has 0 unspecified atom stereocenters. The smallest absolute Gasteiger partial charge is 0.255 e. The summed E-state index contributed by atoms with van der Waals surface area (Å²) >= 11 is 0. The van der Waals surface area contributed by atoms with Crippen LogP contribution < -0.4 is 10.0 Å². The maximum Gasteiger partial charge on any atom is 0.255 e. The summed E-state index contributed by atoms with van der Waals surface area (Å²) in [6.45, 7) is 1.59. The number of carbonyl (C=O) groups is 1. The fourth-order valence-corrected chi connectivity index (χ4v) is 4.88. The lowest BCUT2D eigenvalue weighted by molar-refractivity contribution is 0.102. The Morgan fingerprint density at radius 2 is 1.37 bits per heavy atom. The van der Waals surface area contributed by atoms with Crippen LogP contribution in [-0.2, 0) is 10.0 Å². The SMILES string of the molecule is Cc1ccc(NC(=O)c2ccc(F)c(S(=O)(=O)NC(c3ccccc3)c3ccccc3)c2)cc1F. The molecule has 0 spiro atoms. The van der Waals surface area contributed by atoms with Gasteiger partial charge in [0.05, 0.1) is 6.04 Å². The molecule has 0 saturated heterocycles. The molecule has 8 heteroatoms. The molecule has 0 aliphatic heterocycles. The van der Waals surface area contributed by atoms with Gasteiger partial charge in [-0.3, -0.25) is 4.79 Å². The lowest BCUT2D eigenvalue weighted by Crippen LogP contribution is -2.30. The molecular formula is C27H22F2N2O3S. The van der Waals surface area contributed by atoms with Gasteiger partial charge in [0.1, 0.15) is 16.5 Å². The summed E-state index contributed by atoms with van der Waals surface area (Å²) in [4.78, 5) is 12.0. The molecule has 0 radical (unpaired) electrons. The molecule has 0 aliphatic rings. The standard InChI is InChI=1S/C27H22F2N2O3S/c1-18-12-14-22(17-24(18)29)30-27(32)21-13-15-23(28)25(16-21)35(33,34)31-26(19-8-4-2-5-9-19)20-10-6-3-7-11-20/h2-17,26,31H,1H3,(H,30,32). The number of amides is 1. The third kappa shape index (κ3) is 5.62. The molecule has 0 heterocycles. The van der Waals surface area contributed by atoms with Gasteiger partial charge in [-0.1, -0.05) is 66.7 Å². The van der Waals surface area contributed by atoms with Crippen molar-refractivity contribution in [2.75, 3.05) is 5.32 Å². The molecule has 5 nitrogen and oxygen atoms in total. The molecule has 0 bridgehead atoms. The minimum Gasteiger partial charge on any atom is -0.322 e. The zero-order valence-corrected chi connectivity index (χ0v) is 19.5. The van der Waals surface area contributed by atoms with Crippen molar-refractivity contribution in [1.29, 1.82) is 0 Å². The first-order chi connectivity index (χ1) is 16.7. The largest absolute Gasteiger partial charge is 0.322 e. The van der Waals surface area contributed by atoms with Gasteiger partial charge in [0, 0.05) is 11.3 Å². The fourth-order valence-electron chi connectivity index (χ4n) is 3.56. The highest BCUT2D eigenvalue weighted by atomic mass is 32.2. The van der Waals surface area contributed by atoms with Gasteiger partial charge >= 0.3 is 0 Å². The second-order valence-electron chi connectivity index (χ2n) is 7.94. The maximum atomic E-state index is 14.7. The Morgan fingerprint density at radius 1 is 0.771 bits per heavy atom. The van der Waals surface area contributed by atoms with Crippen LogP contribution in [0.2, 0.25) is 0 Å². The van der Waals surface area contributed by atoms with Crippen molar-refractivity contribution in [1.82, 2.24) is 4.72 Å². The number of aryl methyl sites for hydroxylation is 1. The van der Waals surface area contributed by atoms with Gasteiger partial charge in [-0.2, -0.15) is 4.72 Å². The van der Waals surface area contributed by atoms with E-state index in [2.05, 4.69) is 10.0 Å². The van der Waals surface area contributed by atoms with Crippen LogP contribution in [0.4, 0.5) is 14.5 Å². The summed E-state index contributed by atoms with van der Waals surface area (Å²) in [5, 5.41) is 2.50. The highest BCUT2D eigenvalue weighted by Crippen LogP contribution is 2.26. The molecule has 0 aromatic heterocycles. The molecule has 4 aromatic carbocycles. The topological polar surface area (TPSA) is 75.3 Å². The van der Waals surface area contributed by atoms with Gasteiger partial charge in [-0.15, -0.1) is 0 Å². The van der Waals surface area contributed by atoms with Crippen molar-refractivity contribution in [3.8, 4) is 0 Å². The molecule has 0 aliphatic carbocycles. The first kappa shape index (κ1) is 24.3. The number of nitrogens with one attached hydrogen (secondary N) is 2. The van der Waals surface area contributed by atoms with Crippen LogP contribution in [0.15, 0.2) is 102 Å². The maximum absolute atomic E-state index is 14.7. The molecule has 1 amide bonds. The van der Waals surface area contributed by atoms with Crippen LogP contribution in [0.5, 0.6) is 0 Å². The highest BCUT2D eigenvalue weighted by molar-refractivity contribution is 7.89. The zero-order chi connectivity index (χ0) is 25.0. The molecule has 2 N–H and O–H groups in total. The summed E-state index contributed by atoms with van der Waals surface area (Å²) in [6, 6.07) is 24.2. The molecule has 0 fully saturated rings. The molecule has 0 saturated carbocycles. The van der Waals surface area contributed by atoms with E-state index in [9.17, 15) is 22.0 Å². The number of hydrogen-bond acceptors (Lipinski definition) is 3. The minimum absolute atomic E-state index is 0.0938. The number of benzene rings is 4. The Bertz CT molecular complexity index is 1420. The van der Waals surface area contributed by atoms with Crippen molar-refractivity contribution >= 4 is 21.6 Å². The van der Waals surface area contributed by atoms with Crippen LogP contribution in [0, 0.1) is 18.6 Å². The van der Waals surface area contributed by atoms with Gasteiger partial charge in [-0.25, -0.2) is 17.2 Å². The number of hydrogen-bond donors (Lipinski definition) is 2. The number of rotatable bonds is 7. The normalized spacial score (nSPS) is 11.4. The van der Waals surface area contributed by atoms with Gasteiger partial charge in [0.25, 0.3) is 5.91 Å². The Balaban J connectivity index is 1.65. The van der Waals surface area contributed by atoms with E-state index in [1.54, 1.807) is 55.5 Å². The Kier molecular flexibility index (Phi) is 7.04. The Hall–Kier alpha value is -3.88. The average molecular weight is 493 g/mol. The summed E-state index contributed by atoms with van der Waals surface area (Å²) in [7, 11) is -4.39. The van der Waals surface area contributed by atoms with Crippen LogP contribution in [-0.4, -0.2) is 14.3 Å². The van der Waals surface area contributed by atoms with E-state index in [0.717, 1.165) is 18.2 Å². The monoisotopic (exact) mass is 492 g/mol. The van der Waals surface area contributed by atoms with Crippen molar-refractivity contribution in [3.05, 3.63) is 131 Å². The summed E-state index contributed by atoms with van der Waals surface area (Å²) in [5.74, 6) is -2.20. The van der Waals surface area contributed by atoms with E-state index in [0.29, 0.717) is 16.7 Å². The van der Waals surface area contributed by atoms with Crippen molar-refractivity contribution < 1.29 is 22.0 Å². The minimum atomic E-state index is -4.39. The molecule has 35 heavy (non-hydrogen) atoms. The van der Waals surface area contributed by atoms with E-state index < -0.39 is 38.5 Å². The van der Waals surface area contributed by atoms with E-state index in [1.807, 2.05) is 12.1 Å². The number of sulfonamides is 1. The predicted octanol–water partition coefficient (Wildman–Crippen LogP) is 5.59. The summed E-state index contributed by atoms with van der Waals surface area (Å²) < 4.78 is 57.7. The van der Waals surface area contributed by atoms with E-state index in [4.69, 9.17) is 0 Å². The van der Waals surface area contributed by atoms with Crippen molar-refractivity contribution in [3.63, 3.8) is 0 Å². The van der Waals surface area contributed by atoms with Gasteiger partial charge in [-0.05, 0) is 53.9 Å². The molecule has 4 rings (SSSR count). The van der Waals surface area contributed by atoms with E-state index in [1.165, 1.54) is 18.2 Å². The van der Waals surface area contributed by atoms with Crippen LogP contribution >= 0.6 is 0 Å². The first-order valence-corrected chi connectivity index (χ1v) is 12.2. The van der Waals surface area contributed by atoms with Gasteiger partial charge < -0.3 is 5.32 Å². The third-order valence-electron chi connectivity index (χ3n) is 5.45. The second kappa shape index (κ2) is 10.2. The molecular weight excluding hydrogens is 470 g/mol. The lowest BCUT2D eigenvalue weighted by Gasteiger charge is -2.20.